The second-order valence-electron chi connectivity index (χ2n) is 4.25. The van der Waals surface area contributed by atoms with Crippen LogP contribution < -0.4 is 0 Å². The molecule has 2 nitrogen and oxygen atoms in total. The minimum Gasteiger partial charge on any atom is -0.330 e. The van der Waals surface area contributed by atoms with E-state index in [-0.39, 0.29) is 0 Å². The van der Waals surface area contributed by atoms with Gasteiger partial charge >= 0.3 is 0 Å². The first-order valence-corrected chi connectivity index (χ1v) is 5.86. The van der Waals surface area contributed by atoms with E-state index in [0.717, 1.165) is 6.54 Å². The zero-order chi connectivity index (χ0) is 10.3. The topological polar surface area (TPSA) is 17.8 Å². The molecule has 15 heavy (non-hydrogen) atoms. The maximum absolute atomic E-state index is 4.52. The van der Waals surface area contributed by atoms with Crippen molar-refractivity contribution in [2.45, 2.75) is 39.2 Å². The van der Waals surface area contributed by atoms with Crippen molar-refractivity contribution in [2.24, 2.45) is 0 Å². The van der Waals surface area contributed by atoms with Crippen LogP contribution in [0.5, 0.6) is 0 Å². The third kappa shape index (κ3) is 1.21. The summed E-state index contributed by atoms with van der Waals surface area (Å²) in [5, 5.41) is 1.38. The lowest BCUT2D eigenvalue weighted by Crippen LogP contribution is -2.07. The molecule has 78 valence electrons. The third-order valence-electron chi connectivity index (χ3n) is 3.45. The summed E-state index contributed by atoms with van der Waals surface area (Å²) in [5.74, 6) is 0. The molecule has 0 unspecified atom stereocenters. The molecule has 0 atom stereocenters. The third-order valence-corrected chi connectivity index (χ3v) is 3.45. The molecule has 0 radical (unpaired) electrons. The van der Waals surface area contributed by atoms with Gasteiger partial charge in [0.05, 0.1) is 0 Å². The van der Waals surface area contributed by atoms with Crippen LogP contribution in [0.1, 0.15) is 31.0 Å². The van der Waals surface area contributed by atoms with E-state index in [1.807, 2.05) is 6.20 Å². The molecule has 0 N–H and O–H groups in total. The molecule has 0 spiro atoms. The molecule has 2 heteroatoms. The van der Waals surface area contributed by atoms with Crippen molar-refractivity contribution in [1.82, 2.24) is 9.55 Å². The summed E-state index contributed by atoms with van der Waals surface area (Å²) >= 11 is 0. The van der Waals surface area contributed by atoms with Crippen molar-refractivity contribution in [3.63, 3.8) is 0 Å². The van der Waals surface area contributed by atoms with E-state index in [2.05, 4.69) is 28.6 Å². The van der Waals surface area contributed by atoms with Crippen molar-refractivity contribution in [3.8, 4) is 0 Å². The zero-order valence-electron chi connectivity index (χ0n) is 9.16. The Morgan fingerprint density at radius 2 is 2.20 bits per heavy atom. The van der Waals surface area contributed by atoms with Crippen LogP contribution in [0.25, 0.3) is 11.0 Å². The van der Waals surface area contributed by atoms with Gasteiger partial charge in [-0.1, -0.05) is 0 Å². The highest BCUT2D eigenvalue weighted by molar-refractivity contribution is 5.82. The summed E-state index contributed by atoms with van der Waals surface area (Å²) in [6.45, 7) is 3.26. The number of rotatable bonds is 1. The number of pyridine rings is 1. The molecule has 2 aromatic rings. The number of nitrogens with zero attached hydrogens (tertiary/aromatic N) is 2. The summed E-state index contributed by atoms with van der Waals surface area (Å²) < 4.78 is 2.39. The Morgan fingerprint density at radius 3 is 3.07 bits per heavy atom. The van der Waals surface area contributed by atoms with Gasteiger partial charge in [-0.15, -0.1) is 0 Å². The van der Waals surface area contributed by atoms with Crippen molar-refractivity contribution in [1.29, 1.82) is 0 Å². The Morgan fingerprint density at radius 1 is 1.33 bits per heavy atom. The van der Waals surface area contributed by atoms with Gasteiger partial charge in [0.15, 0.2) is 0 Å². The smallest absolute Gasteiger partial charge is 0.140 e. The van der Waals surface area contributed by atoms with E-state index >= 15 is 0 Å². The summed E-state index contributed by atoms with van der Waals surface area (Å²) in [6.07, 6.45) is 7.05. The van der Waals surface area contributed by atoms with E-state index in [1.165, 1.54) is 42.4 Å². The van der Waals surface area contributed by atoms with E-state index in [1.54, 1.807) is 5.56 Å². The Kier molecular flexibility index (Phi) is 2.01. The first-order chi connectivity index (χ1) is 7.42. The Labute approximate surface area is 89.9 Å². The number of aryl methyl sites for hydroxylation is 2. The number of hydrogen-bond acceptors (Lipinski definition) is 1. The van der Waals surface area contributed by atoms with Crippen molar-refractivity contribution in [3.05, 3.63) is 29.6 Å². The highest BCUT2D eigenvalue weighted by Gasteiger charge is 2.19. The lowest BCUT2D eigenvalue weighted by atomic mass is 9.96. The van der Waals surface area contributed by atoms with Gasteiger partial charge < -0.3 is 4.57 Å². The SMILES string of the molecule is CCn1c2c(c3cccnc31)CCCC2. The second-order valence-corrected chi connectivity index (χ2v) is 4.25. The number of fused-ring (bicyclic) bond motifs is 3. The average molecular weight is 200 g/mol. The first-order valence-electron chi connectivity index (χ1n) is 5.86. The average Bonchev–Trinajstić information content (AvgIpc) is 2.63. The molecule has 1 aliphatic carbocycles. The summed E-state index contributed by atoms with van der Waals surface area (Å²) in [7, 11) is 0. The molecule has 0 aromatic carbocycles. The summed E-state index contributed by atoms with van der Waals surface area (Å²) in [6, 6.07) is 4.27. The van der Waals surface area contributed by atoms with Gasteiger partial charge in [0.25, 0.3) is 0 Å². The fourth-order valence-corrected chi connectivity index (χ4v) is 2.79. The van der Waals surface area contributed by atoms with Crippen LogP contribution in [0, 0.1) is 0 Å². The number of aromatic nitrogens is 2. The Balaban J connectivity index is 2.37. The van der Waals surface area contributed by atoms with Gasteiger partial charge in [0.1, 0.15) is 5.65 Å². The molecular formula is C13H16N2. The standard InChI is InChI=1S/C13H16N2/c1-2-15-12-8-4-3-6-10(12)11-7-5-9-14-13(11)15/h5,7,9H,2-4,6,8H2,1H3. The van der Waals surface area contributed by atoms with Crippen LogP contribution in [0.4, 0.5) is 0 Å². The monoisotopic (exact) mass is 200 g/mol. The second kappa shape index (κ2) is 3.37. The highest BCUT2D eigenvalue weighted by Crippen LogP contribution is 2.30. The van der Waals surface area contributed by atoms with Gasteiger partial charge in [0.2, 0.25) is 0 Å². The fraction of sp³-hybridized carbons (Fsp3) is 0.462. The molecule has 0 saturated carbocycles. The van der Waals surface area contributed by atoms with Gasteiger partial charge in [0, 0.05) is 23.8 Å². The lowest BCUT2D eigenvalue weighted by Gasteiger charge is -2.14. The van der Waals surface area contributed by atoms with Crippen LogP contribution in [-0.2, 0) is 19.4 Å². The summed E-state index contributed by atoms with van der Waals surface area (Å²) in [4.78, 5) is 4.52. The van der Waals surface area contributed by atoms with Crippen LogP contribution in [0.2, 0.25) is 0 Å². The van der Waals surface area contributed by atoms with E-state index < -0.39 is 0 Å². The molecule has 3 rings (SSSR count). The molecule has 0 bridgehead atoms. The molecular weight excluding hydrogens is 184 g/mol. The molecule has 0 fully saturated rings. The van der Waals surface area contributed by atoms with Crippen LogP contribution in [0.3, 0.4) is 0 Å². The maximum Gasteiger partial charge on any atom is 0.140 e. The normalized spacial score (nSPS) is 15.5. The van der Waals surface area contributed by atoms with E-state index in [0.29, 0.717) is 0 Å². The predicted octanol–water partition coefficient (Wildman–Crippen LogP) is 2.94. The molecule has 1 aliphatic rings. The highest BCUT2D eigenvalue weighted by atomic mass is 15.0. The summed E-state index contributed by atoms with van der Waals surface area (Å²) in [5.41, 5.74) is 4.29. The molecule has 0 saturated heterocycles. The van der Waals surface area contributed by atoms with E-state index in [9.17, 15) is 0 Å². The van der Waals surface area contributed by atoms with Crippen LogP contribution in [0.15, 0.2) is 18.3 Å². The van der Waals surface area contributed by atoms with Crippen LogP contribution >= 0.6 is 0 Å². The molecule has 0 amide bonds. The molecule has 0 aliphatic heterocycles. The minimum atomic E-state index is 1.04. The maximum atomic E-state index is 4.52. The predicted molar refractivity (Wildman–Crippen MR) is 62.0 cm³/mol. The lowest BCUT2D eigenvalue weighted by molar-refractivity contribution is 0.628. The zero-order valence-corrected chi connectivity index (χ0v) is 9.16. The first kappa shape index (κ1) is 8.96. The van der Waals surface area contributed by atoms with Crippen molar-refractivity contribution >= 4 is 11.0 Å². The largest absolute Gasteiger partial charge is 0.330 e. The quantitative estimate of drug-likeness (QED) is 0.692. The fourth-order valence-electron chi connectivity index (χ4n) is 2.79. The van der Waals surface area contributed by atoms with Crippen LogP contribution in [-0.4, -0.2) is 9.55 Å². The van der Waals surface area contributed by atoms with Crippen molar-refractivity contribution < 1.29 is 0 Å². The van der Waals surface area contributed by atoms with Gasteiger partial charge in [-0.25, -0.2) is 4.98 Å². The molecule has 2 heterocycles. The minimum absolute atomic E-state index is 1.04. The van der Waals surface area contributed by atoms with Gasteiger partial charge in [-0.3, -0.25) is 0 Å². The Bertz CT molecular complexity index is 463. The van der Waals surface area contributed by atoms with Gasteiger partial charge in [-0.2, -0.15) is 0 Å². The van der Waals surface area contributed by atoms with Gasteiger partial charge in [-0.05, 0) is 50.3 Å². The number of hydrogen-bond donors (Lipinski definition) is 0. The van der Waals surface area contributed by atoms with Crippen molar-refractivity contribution in [2.75, 3.05) is 0 Å². The van der Waals surface area contributed by atoms with E-state index in [4.69, 9.17) is 0 Å². The molecule has 2 aromatic heterocycles. The Hall–Kier alpha value is -1.31.